The fourth-order valence-electron chi connectivity index (χ4n) is 3.31. The fourth-order valence-corrected chi connectivity index (χ4v) is 3.31. The van der Waals surface area contributed by atoms with E-state index >= 15 is 0 Å². The number of rotatable bonds is 7. The van der Waals surface area contributed by atoms with E-state index in [9.17, 15) is 4.79 Å². The lowest BCUT2D eigenvalue weighted by atomic mass is 10.0. The summed E-state index contributed by atoms with van der Waals surface area (Å²) in [5.74, 6) is 1.09. The number of carbonyl (C=O) groups excluding carboxylic acids is 1. The zero-order valence-electron chi connectivity index (χ0n) is 17.1. The quantitative estimate of drug-likeness (QED) is 0.343. The van der Waals surface area contributed by atoms with Crippen LogP contribution in [-0.2, 0) is 4.79 Å². The average molecular weight is 410 g/mol. The number of amides is 1. The SMILES string of the molecule is COc1ccc(C=NNC(=O)COc2ccc(-c3ccccc3)cc2)c2ccccc12. The van der Waals surface area contributed by atoms with Crippen molar-refractivity contribution >= 4 is 22.9 Å². The number of nitrogens with zero attached hydrogens (tertiary/aromatic N) is 1. The zero-order valence-corrected chi connectivity index (χ0v) is 17.1. The molecule has 31 heavy (non-hydrogen) atoms. The van der Waals surface area contributed by atoms with Gasteiger partial charge >= 0.3 is 0 Å². The van der Waals surface area contributed by atoms with Gasteiger partial charge in [0.1, 0.15) is 11.5 Å². The molecular formula is C26H22N2O3. The maximum Gasteiger partial charge on any atom is 0.277 e. The van der Waals surface area contributed by atoms with Crippen LogP contribution in [0.4, 0.5) is 0 Å². The average Bonchev–Trinajstić information content (AvgIpc) is 2.83. The van der Waals surface area contributed by atoms with Crippen molar-refractivity contribution in [2.75, 3.05) is 13.7 Å². The van der Waals surface area contributed by atoms with Crippen LogP contribution in [0.2, 0.25) is 0 Å². The molecule has 0 aliphatic heterocycles. The van der Waals surface area contributed by atoms with Crippen LogP contribution in [0.3, 0.4) is 0 Å². The van der Waals surface area contributed by atoms with Gasteiger partial charge in [-0.2, -0.15) is 5.10 Å². The molecule has 0 spiro atoms. The Balaban J connectivity index is 1.34. The van der Waals surface area contributed by atoms with Crippen LogP contribution in [0.5, 0.6) is 11.5 Å². The molecule has 5 heteroatoms. The highest BCUT2D eigenvalue weighted by molar-refractivity contribution is 6.02. The van der Waals surface area contributed by atoms with Crippen molar-refractivity contribution in [3.05, 3.63) is 96.6 Å². The maximum absolute atomic E-state index is 12.1. The Hall–Kier alpha value is -4.12. The van der Waals surface area contributed by atoms with Crippen LogP contribution in [0.15, 0.2) is 96.1 Å². The number of ether oxygens (including phenoxy) is 2. The van der Waals surface area contributed by atoms with E-state index in [1.807, 2.05) is 91.0 Å². The Morgan fingerprint density at radius 3 is 2.26 bits per heavy atom. The van der Waals surface area contributed by atoms with Gasteiger partial charge in [0.05, 0.1) is 13.3 Å². The number of benzene rings is 4. The molecule has 4 aromatic rings. The smallest absolute Gasteiger partial charge is 0.277 e. The van der Waals surface area contributed by atoms with Crippen molar-refractivity contribution in [1.82, 2.24) is 5.43 Å². The van der Waals surface area contributed by atoms with Crippen LogP contribution < -0.4 is 14.9 Å². The topological polar surface area (TPSA) is 59.9 Å². The molecule has 0 unspecified atom stereocenters. The molecule has 0 saturated heterocycles. The molecule has 154 valence electrons. The lowest BCUT2D eigenvalue weighted by Gasteiger charge is -2.08. The molecule has 0 fully saturated rings. The number of methoxy groups -OCH3 is 1. The van der Waals surface area contributed by atoms with Gasteiger partial charge in [-0.15, -0.1) is 0 Å². The summed E-state index contributed by atoms with van der Waals surface area (Å²) in [6.07, 6.45) is 1.62. The van der Waals surface area contributed by atoms with E-state index in [1.165, 1.54) is 0 Å². The molecule has 0 aliphatic carbocycles. The summed E-state index contributed by atoms with van der Waals surface area (Å²) in [4.78, 5) is 12.1. The fraction of sp³-hybridized carbons (Fsp3) is 0.0769. The predicted octanol–water partition coefficient (Wildman–Crippen LogP) is 5.04. The first kappa shape index (κ1) is 20.2. The lowest BCUT2D eigenvalue weighted by Crippen LogP contribution is -2.24. The Kier molecular flexibility index (Phi) is 6.24. The highest BCUT2D eigenvalue weighted by Crippen LogP contribution is 2.27. The second kappa shape index (κ2) is 9.59. The van der Waals surface area contributed by atoms with Gasteiger partial charge in [0, 0.05) is 10.9 Å². The van der Waals surface area contributed by atoms with Crippen LogP contribution >= 0.6 is 0 Å². The normalized spacial score (nSPS) is 10.9. The minimum absolute atomic E-state index is 0.120. The minimum atomic E-state index is -0.332. The summed E-state index contributed by atoms with van der Waals surface area (Å²) < 4.78 is 11.0. The van der Waals surface area contributed by atoms with E-state index in [-0.39, 0.29) is 12.5 Å². The number of hydrogen-bond donors (Lipinski definition) is 1. The molecule has 4 rings (SSSR count). The monoisotopic (exact) mass is 410 g/mol. The largest absolute Gasteiger partial charge is 0.496 e. The van der Waals surface area contributed by atoms with Crippen molar-refractivity contribution in [3.8, 4) is 22.6 Å². The van der Waals surface area contributed by atoms with Gasteiger partial charge in [-0.3, -0.25) is 4.79 Å². The molecule has 0 aliphatic rings. The molecule has 4 aromatic carbocycles. The van der Waals surface area contributed by atoms with Gasteiger partial charge in [0.25, 0.3) is 5.91 Å². The van der Waals surface area contributed by atoms with Crippen molar-refractivity contribution < 1.29 is 14.3 Å². The highest BCUT2D eigenvalue weighted by atomic mass is 16.5. The third-order valence-corrected chi connectivity index (χ3v) is 4.86. The van der Waals surface area contributed by atoms with Gasteiger partial charge in [-0.1, -0.05) is 66.7 Å². The first-order valence-electron chi connectivity index (χ1n) is 9.90. The summed E-state index contributed by atoms with van der Waals surface area (Å²) in [5, 5.41) is 6.05. The van der Waals surface area contributed by atoms with E-state index in [0.29, 0.717) is 5.75 Å². The second-order valence-electron chi connectivity index (χ2n) is 6.87. The van der Waals surface area contributed by atoms with Crippen LogP contribution in [-0.4, -0.2) is 25.8 Å². The summed E-state index contributed by atoms with van der Waals surface area (Å²) in [7, 11) is 1.64. The Bertz CT molecular complexity index is 1200. The van der Waals surface area contributed by atoms with E-state index in [1.54, 1.807) is 13.3 Å². The Morgan fingerprint density at radius 1 is 0.839 bits per heavy atom. The van der Waals surface area contributed by atoms with Gasteiger partial charge < -0.3 is 9.47 Å². The molecule has 1 amide bonds. The number of carbonyl (C=O) groups is 1. The predicted molar refractivity (Wildman–Crippen MR) is 124 cm³/mol. The number of nitrogens with one attached hydrogen (secondary N) is 1. The summed E-state index contributed by atoms with van der Waals surface area (Å²) in [6, 6.07) is 29.4. The van der Waals surface area contributed by atoms with Gasteiger partial charge in [0.2, 0.25) is 0 Å². The third kappa shape index (κ3) is 4.90. The van der Waals surface area contributed by atoms with Crippen molar-refractivity contribution in [2.45, 2.75) is 0 Å². The van der Waals surface area contributed by atoms with E-state index < -0.39 is 0 Å². The number of fused-ring (bicyclic) bond motifs is 1. The molecule has 0 aromatic heterocycles. The van der Waals surface area contributed by atoms with Gasteiger partial charge in [-0.25, -0.2) is 5.43 Å². The summed E-state index contributed by atoms with van der Waals surface area (Å²) in [5.41, 5.74) is 5.61. The van der Waals surface area contributed by atoms with E-state index in [0.717, 1.165) is 33.2 Å². The van der Waals surface area contributed by atoms with Gasteiger partial charge in [0.15, 0.2) is 6.61 Å². The first-order valence-corrected chi connectivity index (χ1v) is 9.90. The Labute approximate surface area is 180 Å². The van der Waals surface area contributed by atoms with E-state index in [2.05, 4.69) is 10.5 Å². The maximum atomic E-state index is 12.1. The standard InChI is InChI=1S/C26H22N2O3/c1-30-25-16-13-21(23-9-5-6-10-24(23)25)17-27-28-26(29)18-31-22-14-11-20(12-15-22)19-7-3-2-4-8-19/h2-17H,18H2,1H3,(H,28,29). The van der Waals surface area contributed by atoms with Crippen molar-refractivity contribution in [1.29, 1.82) is 0 Å². The number of hydrogen-bond acceptors (Lipinski definition) is 4. The molecule has 0 heterocycles. The summed E-state index contributed by atoms with van der Waals surface area (Å²) in [6.45, 7) is -0.120. The van der Waals surface area contributed by atoms with Crippen LogP contribution in [0.25, 0.3) is 21.9 Å². The van der Waals surface area contributed by atoms with E-state index in [4.69, 9.17) is 9.47 Å². The molecule has 0 radical (unpaired) electrons. The van der Waals surface area contributed by atoms with Crippen molar-refractivity contribution in [2.24, 2.45) is 5.10 Å². The van der Waals surface area contributed by atoms with Crippen LogP contribution in [0, 0.1) is 0 Å². The molecule has 0 bridgehead atoms. The van der Waals surface area contributed by atoms with Gasteiger partial charge in [-0.05, 0) is 40.8 Å². The third-order valence-electron chi connectivity index (χ3n) is 4.86. The number of hydrazone groups is 1. The molecule has 5 nitrogen and oxygen atoms in total. The first-order chi connectivity index (χ1) is 15.2. The van der Waals surface area contributed by atoms with Crippen molar-refractivity contribution in [3.63, 3.8) is 0 Å². The molecule has 0 atom stereocenters. The minimum Gasteiger partial charge on any atom is -0.496 e. The lowest BCUT2D eigenvalue weighted by molar-refractivity contribution is -0.123. The molecule has 0 saturated carbocycles. The summed E-state index contributed by atoms with van der Waals surface area (Å²) >= 11 is 0. The molecular weight excluding hydrogens is 388 g/mol. The highest BCUT2D eigenvalue weighted by Gasteiger charge is 2.05. The molecule has 1 N–H and O–H groups in total. The van der Waals surface area contributed by atoms with Crippen LogP contribution in [0.1, 0.15) is 5.56 Å². The second-order valence-corrected chi connectivity index (χ2v) is 6.87. The Morgan fingerprint density at radius 2 is 1.52 bits per heavy atom. The zero-order chi connectivity index (χ0) is 21.5.